The monoisotopic (exact) mass is 321 g/mol. The Morgan fingerprint density at radius 1 is 1.39 bits per heavy atom. The van der Waals surface area contributed by atoms with Crippen LogP contribution in [0.4, 0.5) is 0 Å². The minimum atomic E-state index is 0.000127. The lowest BCUT2D eigenvalue weighted by atomic mass is 10.2. The number of aliphatic imine (C=N–C) groups is 1. The highest BCUT2D eigenvalue weighted by Crippen LogP contribution is 2.17. The van der Waals surface area contributed by atoms with Gasteiger partial charge in [0.2, 0.25) is 5.91 Å². The molecule has 2 rings (SSSR count). The Kier molecular flexibility index (Phi) is 6.83. The molecule has 1 aliphatic rings. The van der Waals surface area contributed by atoms with Crippen molar-refractivity contribution < 1.29 is 4.79 Å². The van der Waals surface area contributed by atoms with Crippen LogP contribution in [0.2, 0.25) is 0 Å². The van der Waals surface area contributed by atoms with Gasteiger partial charge in [0.1, 0.15) is 6.54 Å². The molecule has 0 aliphatic heterocycles. The van der Waals surface area contributed by atoms with Gasteiger partial charge in [-0.1, -0.05) is 18.1 Å². The molecule has 1 amide bonds. The zero-order valence-electron chi connectivity index (χ0n) is 14.0. The molecular weight excluding hydrogens is 294 g/mol. The maximum Gasteiger partial charge on any atom is 0.243 e. The van der Waals surface area contributed by atoms with Gasteiger partial charge >= 0.3 is 0 Å². The molecule has 8 heteroatoms. The molecule has 0 bridgehead atoms. The summed E-state index contributed by atoms with van der Waals surface area (Å²) in [5, 5.41) is 14.5. The van der Waals surface area contributed by atoms with Crippen LogP contribution >= 0.6 is 0 Å². The molecule has 1 aromatic heterocycles. The molecule has 0 spiro atoms. The quantitative estimate of drug-likeness (QED) is 0.426. The van der Waals surface area contributed by atoms with Crippen LogP contribution in [-0.4, -0.2) is 65.0 Å². The normalized spacial score (nSPS) is 15.7. The Hall–Kier alpha value is -2.12. The van der Waals surface area contributed by atoms with Gasteiger partial charge in [-0.05, 0) is 19.3 Å². The summed E-state index contributed by atoms with van der Waals surface area (Å²) >= 11 is 0. The van der Waals surface area contributed by atoms with E-state index in [4.69, 9.17) is 0 Å². The average Bonchev–Trinajstić information content (AvgIpc) is 3.21. The topological polar surface area (TPSA) is 87.4 Å². The molecule has 0 saturated heterocycles. The zero-order chi connectivity index (χ0) is 16.5. The van der Waals surface area contributed by atoms with Crippen LogP contribution in [-0.2, 0) is 11.3 Å². The summed E-state index contributed by atoms with van der Waals surface area (Å²) in [7, 11) is 3.49. The van der Waals surface area contributed by atoms with Crippen LogP contribution < -0.4 is 10.6 Å². The highest BCUT2D eigenvalue weighted by Gasteiger charge is 2.16. The Labute approximate surface area is 137 Å². The van der Waals surface area contributed by atoms with E-state index in [1.54, 1.807) is 29.9 Å². The number of guanidine groups is 1. The van der Waals surface area contributed by atoms with Crippen LogP contribution in [0.5, 0.6) is 0 Å². The number of carbonyl (C=O) groups excluding carboxylic acids is 1. The SMILES string of the molecule is CN(C)C(=O)CN=C(NCCCn1ccnn1)NC1CCCC1. The summed E-state index contributed by atoms with van der Waals surface area (Å²) in [5.74, 6) is 0.728. The molecule has 1 aliphatic carbocycles. The minimum Gasteiger partial charge on any atom is -0.356 e. The van der Waals surface area contributed by atoms with Crippen molar-refractivity contribution in [2.75, 3.05) is 27.2 Å². The fourth-order valence-corrected chi connectivity index (χ4v) is 2.50. The smallest absolute Gasteiger partial charge is 0.243 e. The summed E-state index contributed by atoms with van der Waals surface area (Å²) in [6.07, 6.45) is 9.29. The van der Waals surface area contributed by atoms with E-state index in [9.17, 15) is 4.79 Å². The number of carbonyl (C=O) groups is 1. The second-order valence-corrected chi connectivity index (χ2v) is 6.03. The first-order valence-corrected chi connectivity index (χ1v) is 8.24. The second-order valence-electron chi connectivity index (χ2n) is 6.03. The van der Waals surface area contributed by atoms with E-state index in [2.05, 4.69) is 25.9 Å². The van der Waals surface area contributed by atoms with Gasteiger partial charge in [-0.15, -0.1) is 5.10 Å². The van der Waals surface area contributed by atoms with Crippen molar-refractivity contribution in [2.45, 2.75) is 44.7 Å². The number of aryl methyl sites for hydroxylation is 1. The molecule has 0 aromatic carbocycles. The molecule has 0 atom stereocenters. The van der Waals surface area contributed by atoms with Crippen molar-refractivity contribution in [3.63, 3.8) is 0 Å². The van der Waals surface area contributed by atoms with Crippen molar-refractivity contribution in [3.05, 3.63) is 12.4 Å². The van der Waals surface area contributed by atoms with Gasteiger partial charge in [-0.2, -0.15) is 0 Å². The molecule has 128 valence electrons. The Bertz CT molecular complexity index is 492. The van der Waals surface area contributed by atoms with Gasteiger partial charge in [0.15, 0.2) is 5.96 Å². The molecule has 0 radical (unpaired) electrons. The van der Waals surface area contributed by atoms with E-state index in [0.717, 1.165) is 25.5 Å². The van der Waals surface area contributed by atoms with Crippen LogP contribution in [0.25, 0.3) is 0 Å². The maximum atomic E-state index is 11.7. The zero-order valence-corrected chi connectivity index (χ0v) is 14.0. The molecule has 23 heavy (non-hydrogen) atoms. The first-order valence-electron chi connectivity index (χ1n) is 8.24. The third kappa shape index (κ3) is 6.25. The predicted molar refractivity (Wildman–Crippen MR) is 89.0 cm³/mol. The van der Waals surface area contributed by atoms with E-state index in [0.29, 0.717) is 6.04 Å². The number of nitrogens with one attached hydrogen (secondary N) is 2. The fraction of sp³-hybridized carbons (Fsp3) is 0.733. The first-order chi connectivity index (χ1) is 11.1. The number of rotatable bonds is 7. The Morgan fingerprint density at radius 3 is 2.83 bits per heavy atom. The van der Waals surface area contributed by atoms with E-state index < -0.39 is 0 Å². The van der Waals surface area contributed by atoms with E-state index in [1.807, 2.05) is 6.20 Å². The lowest BCUT2D eigenvalue weighted by molar-refractivity contribution is -0.127. The number of nitrogens with zero attached hydrogens (tertiary/aromatic N) is 5. The molecule has 1 fully saturated rings. The van der Waals surface area contributed by atoms with Gasteiger partial charge in [0.05, 0.1) is 6.20 Å². The van der Waals surface area contributed by atoms with Crippen LogP contribution in [0.3, 0.4) is 0 Å². The molecule has 1 saturated carbocycles. The van der Waals surface area contributed by atoms with Crippen LogP contribution in [0, 0.1) is 0 Å². The van der Waals surface area contributed by atoms with Crippen molar-refractivity contribution in [2.24, 2.45) is 4.99 Å². The number of likely N-dealkylation sites (N-methyl/N-ethyl adjacent to an activating group) is 1. The third-order valence-electron chi connectivity index (χ3n) is 3.90. The molecular formula is C15H27N7O. The second kappa shape index (κ2) is 9.12. The lowest BCUT2D eigenvalue weighted by Crippen LogP contribution is -2.43. The first kappa shape index (κ1) is 17.2. The van der Waals surface area contributed by atoms with Gasteiger partial charge in [-0.25, -0.2) is 4.99 Å². The highest BCUT2D eigenvalue weighted by molar-refractivity contribution is 5.84. The van der Waals surface area contributed by atoms with Crippen molar-refractivity contribution in [3.8, 4) is 0 Å². The van der Waals surface area contributed by atoms with Gasteiger partial charge < -0.3 is 15.5 Å². The summed E-state index contributed by atoms with van der Waals surface area (Å²) in [5.41, 5.74) is 0. The van der Waals surface area contributed by atoms with E-state index in [1.165, 1.54) is 25.7 Å². The van der Waals surface area contributed by atoms with Crippen molar-refractivity contribution in [1.29, 1.82) is 0 Å². The number of hydrogen-bond donors (Lipinski definition) is 2. The number of amides is 1. The summed E-state index contributed by atoms with van der Waals surface area (Å²) in [6, 6.07) is 0.464. The molecule has 2 N–H and O–H groups in total. The van der Waals surface area contributed by atoms with Crippen LogP contribution in [0.1, 0.15) is 32.1 Å². The van der Waals surface area contributed by atoms with Crippen molar-refractivity contribution >= 4 is 11.9 Å². The Balaban J connectivity index is 1.79. The minimum absolute atomic E-state index is 0.000127. The maximum absolute atomic E-state index is 11.7. The fourth-order valence-electron chi connectivity index (χ4n) is 2.50. The molecule has 0 unspecified atom stereocenters. The largest absolute Gasteiger partial charge is 0.356 e. The Morgan fingerprint density at radius 2 is 2.17 bits per heavy atom. The number of hydrogen-bond acceptors (Lipinski definition) is 4. The summed E-state index contributed by atoms with van der Waals surface area (Å²) in [6.45, 7) is 1.74. The molecule has 1 heterocycles. The summed E-state index contributed by atoms with van der Waals surface area (Å²) < 4.78 is 1.80. The predicted octanol–water partition coefficient (Wildman–Crippen LogP) is 0.234. The van der Waals surface area contributed by atoms with E-state index in [-0.39, 0.29) is 12.5 Å². The van der Waals surface area contributed by atoms with Crippen LogP contribution in [0.15, 0.2) is 17.4 Å². The van der Waals surface area contributed by atoms with Gasteiger partial charge in [-0.3, -0.25) is 9.48 Å². The molecule has 8 nitrogen and oxygen atoms in total. The highest BCUT2D eigenvalue weighted by atomic mass is 16.2. The van der Waals surface area contributed by atoms with Gasteiger partial charge in [0, 0.05) is 39.4 Å². The summed E-state index contributed by atoms with van der Waals surface area (Å²) in [4.78, 5) is 17.7. The lowest BCUT2D eigenvalue weighted by Gasteiger charge is -2.18. The molecule has 1 aromatic rings. The standard InChI is InChI=1S/C15H27N7O/c1-21(2)14(23)12-17-15(19-13-6-3-4-7-13)16-8-5-10-22-11-9-18-20-22/h9,11,13H,3-8,10,12H2,1-2H3,(H2,16,17,19). The average molecular weight is 321 g/mol. The third-order valence-corrected chi connectivity index (χ3v) is 3.90. The van der Waals surface area contributed by atoms with Gasteiger partial charge in [0.25, 0.3) is 0 Å². The number of aromatic nitrogens is 3. The van der Waals surface area contributed by atoms with E-state index >= 15 is 0 Å². The van der Waals surface area contributed by atoms with Crippen molar-refractivity contribution in [1.82, 2.24) is 30.5 Å².